The minimum atomic E-state index is -0.257. The van der Waals surface area contributed by atoms with Gasteiger partial charge in [0.2, 0.25) is 0 Å². The average molecular weight is 399 g/mol. The first-order valence-corrected chi connectivity index (χ1v) is 8.34. The van der Waals surface area contributed by atoms with Crippen LogP contribution in [0.3, 0.4) is 0 Å². The number of halogens is 1. The summed E-state index contributed by atoms with van der Waals surface area (Å²) in [6, 6.07) is 14.2. The molecule has 6 heteroatoms. The number of carbonyl (C=O) groups is 2. The Bertz CT molecular complexity index is 928. The van der Waals surface area contributed by atoms with E-state index in [1.54, 1.807) is 49.7 Å². The fourth-order valence-electron chi connectivity index (χ4n) is 2.42. The Labute approximate surface area is 153 Å². The van der Waals surface area contributed by atoms with E-state index in [0.29, 0.717) is 11.3 Å². The summed E-state index contributed by atoms with van der Waals surface area (Å²) in [6.45, 7) is 1.40. The predicted octanol–water partition coefficient (Wildman–Crippen LogP) is 4.08. The van der Waals surface area contributed by atoms with Gasteiger partial charge in [0.25, 0.3) is 0 Å². The lowest BCUT2D eigenvalue weighted by atomic mass is 10.0. The molecule has 0 aliphatic rings. The lowest BCUT2D eigenvalue weighted by molar-refractivity contribution is 0.0987. The van der Waals surface area contributed by atoms with E-state index in [4.69, 9.17) is 4.74 Å². The smallest absolute Gasteiger partial charge is 0.196 e. The van der Waals surface area contributed by atoms with Gasteiger partial charge in [-0.2, -0.15) is 5.10 Å². The zero-order valence-electron chi connectivity index (χ0n) is 13.7. The maximum atomic E-state index is 12.8. The van der Waals surface area contributed by atoms with Crippen LogP contribution in [0, 0.1) is 0 Å². The number of nitrogens with zero attached hydrogens (tertiary/aromatic N) is 2. The summed E-state index contributed by atoms with van der Waals surface area (Å²) < 4.78 is 7.55. The lowest BCUT2D eigenvalue weighted by Crippen LogP contribution is -2.06. The summed E-state index contributed by atoms with van der Waals surface area (Å²) >= 11 is 3.34. The highest BCUT2D eigenvalue weighted by atomic mass is 79.9. The van der Waals surface area contributed by atoms with Crippen molar-refractivity contribution in [3.05, 3.63) is 76.0 Å². The van der Waals surface area contributed by atoms with E-state index < -0.39 is 0 Å². The Kier molecular flexibility index (Phi) is 4.81. The molecule has 0 saturated carbocycles. The van der Waals surface area contributed by atoms with Gasteiger partial charge in [-0.3, -0.25) is 9.59 Å². The van der Waals surface area contributed by atoms with Crippen molar-refractivity contribution in [2.75, 3.05) is 7.11 Å². The second-order valence-corrected chi connectivity index (χ2v) is 6.34. The Morgan fingerprint density at radius 1 is 1.04 bits per heavy atom. The van der Waals surface area contributed by atoms with Crippen LogP contribution in [-0.4, -0.2) is 28.5 Å². The van der Waals surface area contributed by atoms with Crippen molar-refractivity contribution in [2.24, 2.45) is 0 Å². The minimum absolute atomic E-state index is 0.156. The highest BCUT2D eigenvalue weighted by Gasteiger charge is 2.21. The largest absolute Gasteiger partial charge is 0.497 e. The van der Waals surface area contributed by atoms with Gasteiger partial charge >= 0.3 is 0 Å². The van der Waals surface area contributed by atoms with E-state index in [2.05, 4.69) is 21.0 Å². The minimum Gasteiger partial charge on any atom is -0.497 e. The van der Waals surface area contributed by atoms with Crippen LogP contribution >= 0.6 is 15.9 Å². The molecule has 1 aromatic heterocycles. The first-order valence-electron chi connectivity index (χ1n) is 7.55. The number of carbonyl (C=O) groups excluding carboxylic acids is 2. The lowest BCUT2D eigenvalue weighted by Gasteiger charge is -2.03. The number of rotatable bonds is 5. The summed E-state index contributed by atoms with van der Waals surface area (Å²) in [5, 5.41) is 4.30. The number of ketones is 2. The molecule has 2 aromatic carbocycles. The Morgan fingerprint density at radius 3 is 2.24 bits per heavy atom. The van der Waals surface area contributed by atoms with Gasteiger partial charge in [0.15, 0.2) is 11.6 Å². The number of aromatic nitrogens is 2. The molecular weight excluding hydrogens is 384 g/mol. The molecule has 126 valence electrons. The molecule has 0 unspecified atom stereocenters. The Hall–Kier alpha value is -2.73. The first-order chi connectivity index (χ1) is 12.0. The number of hydrogen-bond acceptors (Lipinski definition) is 4. The average Bonchev–Trinajstić information content (AvgIpc) is 3.07. The van der Waals surface area contributed by atoms with Crippen LogP contribution in [0.2, 0.25) is 0 Å². The van der Waals surface area contributed by atoms with E-state index in [-0.39, 0.29) is 22.8 Å². The van der Waals surface area contributed by atoms with Gasteiger partial charge in [0.1, 0.15) is 11.4 Å². The second kappa shape index (κ2) is 7.03. The molecule has 0 radical (unpaired) electrons. The number of benzene rings is 2. The Balaban J connectivity index is 2.03. The number of ether oxygens (including phenoxy) is 1. The van der Waals surface area contributed by atoms with Crippen LogP contribution in [-0.2, 0) is 0 Å². The van der Waals surface area contributed by atoms with Crippen molar-refractivity contribution in [1.29, 1.82) is 0 Å². The molecule has 0 saturated heterocycles. The standard InChI is InChI=1S/C19H15BrN2O3/c1-12(23)18-17(19(24)13-3-5-14(20)6-4-13)11-22(21-18)15-7-9-16(25-2)10-8-15/h3-11H,1-2H3. The van der Waals surface area contributed by atoms with Gasteiger partial charge in [-0.25, -0.2) is 4.68 Å². The van der Waals surface area contributed by atoms with E-state index in [9.17, 15) is 9.59 Å². The van der Waals surface area contributed by atoms with E-state index in [1.165, 1.54) is 11.6 Å². The molecule has 3 rings (SSSR count). The summed E-state index contributed by atoms with van der Waals surface area (Å²) in [7, 11) is 1.59. The van der Waals surface area contributed by atoms with Crippen molar-refractivity contribution in [2.45, 2.75) is 6.92 Å². The van der Waals surface area contributed by atoms with E-state index >= 15 is 0 Å². The van der Waals surface area contributed by atoms with Crippen molar-refractivity contribution in [3.63, 3.8) is 0 Å². The maximum absolute atomic E-state index is 12.8. The summed E-state index contributed by atoms with van der Waals surface area (Å²) in [6.07, 6.45) is 1.59. The van der Waals surface area contributed by atoms with Gasteiger partial charge in [-0.15, -0.1) is 0 Å². The third kappa shape index (κ3) is 3.53. The normalized spacial score (nSPS) is 10.5. The molecule has 0 bridgehead atoms. The fraction of sp³-hybridized carbons (Fsp3) is 0.105. The third-order valence-corrected chi connectivity index (χ3v) is 4.26. The number of methoxy groups -OCH3 is 1. The third-order valence-electron chi connectivity index (χ3n) is 3.74. The zero-order chi connectivity index (χ0) is 18.0. The van der Waals surface area contributed by atoms with Gasteiger partial charge in [0.05, 0.1) is 18.4 Å². The summed E-state index contributed by atoms with van der Waals surface area (Å²) in [4.78, 5) is 24.7. The van der Waals surface area contributed by atoms with Crippen molar-refractivity contribution in [1.82, 2.24) is 9.78 Å². The maximum Gasteiger partial charge on any atom is 0.196 e. The van der Waals surface area contributed by atoms with Crippen LogP contribution < -0.4 is 4.74 Å². The van der Waals surface area contributed by atoms with Crippen molar-refractivity contribution < 1.29 is 14.3 Å². The molecule has 0 atom stereocenters. The highest BCUT2D eigenvalue weighted by molar-refractivity contribution is 9.10. The molecule has 25 heavy (non-hydrogen) atoms. The monoisotopic (exact) mass is 398 g/mol. The van der Waals surface area contributed by atoms with Gasteiger partial charge < -0.3 is 4.74 Å². The number of hydrogen-bond donors (Lipinski definition) is 0. The fourth-order valence-corrected chi connectivity index (χ4v) is 2.69. The molecule has 0 aliphatic carbocycles. The van der Waals surface area contributed by atoms with Crippen LogP contribution in [0.15, 0.2) is 59.2 Å². The van der Waals surface area contributed by atoms with Crippen LogP contribution in [0.5, 0.6) is 5.75 Å². The van der Waals surface area contributed by atoms with Crippen LogP contribution in [0.25, 0.3) is 5.69 Å². The highest BCUT2D eigenvalue weighted by Crippen LogP contribution is 2.20. The zero-order valence-corrected chi connectivity index (χ0v) is 15.3. The molecule has 5 nitrogen and oxygen atoms in total. The molecule has 0 aliphatic heterocycles. The van der Waals surface area contributed by atoms with Gasteiger partial charge in [-0.05, 0) is 48.5 Å². The predicted molar refractivity (Wildman–Crippen MR) is 97.7 cm³/mol. The van der Waals surface area contributed by atoms with Gasteiger partial charge in [-0.1, -0.05) is 15.9 Å². The molecule has 1 heterocycles. The summed E-state index contributed by atoms with van der Waals surface area (Å²) in [5.74, 6) is 0.221. The quantitative estimate of drug-likeness (QED) is 0.607. The van der Waals surface area contributed by atoms with Crippen molar-refractivity contribution >= 4 is 27.5 Å². The first kappa shape index (κ1) is 17.1. The second-order valence-electron chi connectivity index (χ2n) is 5.43. The topological polar surface area (TPSA) is 61.2 Å². The number of Topliss-reactive ketones (excluding diaryl/α,β-unsaturated/α-hetero) is 1. The molecule has 3 aromatic rings. The molecule has 0 spiro atoms. The van der Waals surface area contributed by atoms with E-state index in [0.717, 1.165) is 10.2 Å². The van der Waals surface area contributed by atoms with Gasteiger partial charge in [0, 0.05) is 23.2 Å². The Morgan fingerprint density at radius 2 is 1.68 bits per heavy atom. The molecular formula is C19H15BrN2O3. The molecule has 0 N–H and O–H groups in total. The van der Waals surface area contributed by atoms with Crippen LogP contribution in [0.1, 0.15) is 33.3 Å². The SMILES string of the molecule is COc1ccc(-n2cc(C(=O)c3ccc(Br)cc3)c(C(C)=O)n2)cc1. The molecule has 0 amide bonds. The molecule has 0 fully saturated rings. The van der Waals surface area contributed by atoms with E-state index in [1.807, 2.05) is 12.1 Å². The summed E-state index contributed by atoms with van der Waals surface area (Å²) in [5.41, 5.74) is 1.67. The van der Waals surface area contributed by atoms with Crippen LogP contribution in [0.4, 0.5) is 0 Å². The van der Waals surface area contributed by atoms with Crippen molar-refractivity contribution in [3.8, 4) is 11.4 Å².